The quantitative estimate of drug-likeness (QED) is 0.637. The topological polar surface area (TPSA) is 30.7 Å². The third-order valence-corrected chi connectivity index (χ3v) is 2.82. The molecule has 0 N–H and O–H groups in total. The van der Waals surface area contributed by atoms with Crippen molar-refractivity contribution in [1.82, 2.24) is 14.5 Å². The summed E-state index contributed by atoms with van der Waals surface area (Å²) >= 11 is 0. The lowest BCUT2D eigenvalue weighted by Crippen LogP contribution is -1.98. The SMILES string of the molecule is C#CCn1c(-c2cccnc2)nc2ccccc21. The molecule has 3 nitrogen and oxygen atoms in total. The van der Waals surface area contributed by atoms with Gasteiger partial charge in [-0.15, -0.1) is 6.42 Å². The monoisotopic (exact) mass is 233 g/mol. The van der Waals surface area contributed by atoms with E-state index in [1.165, 1.54) is 0 Å². The molecule has 0 saturated carbocycles. The van der Waals surface area contributed by atoms with Gasteiger partial charge in [0, 0.05) is 18.0 Å². The number of terminal acetylenes is 1. The molecule has 0 aliphatic heterocycles. The van der Waals surface area contributed by atoms with Gasteiger partial charge in [-0.2, -0.15) is 0 Å². The number of para-hydroxylation sites is 2. The fourth-order valence-corrected chi connectivity index (χ4v) is 2.04. The average Bonchev–Trinajstić information content (AvgIpc) is 2.80. The van der Waals surface area contributed by atoms with Gasteiger partial charge in [0.15, 0.2) is 0 Å². The third kappa shape index (κ3) is 1.64. The molecular weight excluding hydrogens is 222 g/mol. The summed E-state index contributed by atoms with van der Waals surface area (Å²) in [5.41, 5.74) is 2.98. The number of hydrogen-bond donors (Lipinski definition) is 0. The molecule has 0 fully saturated rings. The van der Waals surface area contributed by atoms with Crippen LogP contribution >= 0.6 is 0 Å². The van der Waals surface area contributed by atoms with Gasteiger partial charge in [0.05, 0.1) is 17.6 Å². The van der Waals surface area contributed by atoms with Crippen molar-refractivity contribution >= 4 is 11.0 Å². The van der Waals surface area contributed by atoms with Crippen molar-refractivity contribution in [2.45, 2.75) is 6.54 Å². The summed E-state index contributed by atoms with van der Waals surface area (Å²) < 4.78 is 2.03. The van der Waals surface area contributed by atoms with Gasteiger partial charge in [-0.3, -0.25) is 4.98 Å². The maximum absolute atomic E-state index is 5.44. The summed E-state index contributed by atoms with van der Waals surface area (Å²) in [5, 5.41) is 0. The van der Waals surface area contributed by atoms with Crippen molar-refractivity contribution in [1.29, 1.82) is 0 Å². The minimum Gasteiger partial charge on any atom is -0.312 e. The predicted octanol–water partition coefficient (Wildman–Crippen LogP) is 2.73. The van der Waals surface area contributed by atoms with E-state index < -0.39 is 0 Å². The highest BCUT2D eigenvalue weighted by atomic mass is 15.1. The molecule has 86 valence electrons. The number of pyridine rings is 1. The van der Waals surface area contributed by atoms with Crippen LogP contribution in [0.15, 0.2) is 48.8 Å². The lowest BCUT2D eigenvalue weighted by Gasteiger charge is -2.04. The minimum atomic E-state index is 0.505. The van der Waals surface area contributed by atoms with Crippen LogP contribution < -0.4 is 0 Å². The molecule has 0 spiro atoms. The Hall–Kier alpha value is -2.60. The Morgan fingerprint density at radius 3 is 2.83 bits per heavy atom. The Balaban J connectivity index is 2.29. The molecule has 3 heteroatoms. The molecular formula is C15H11N3. The van der Waals surface area contributed by atoms with Crippen molar-refractivity contribution in [2.24, 2.45) is 0 Å². The summed E-state index contributed by atoms with van der Waals surface area (Å²) in [6.07, 6.45) is 8.99. The van der Waals surface area contributed by atoms with Gasteiger partial charge in [0.1, 0.15) is 5.82 Å². The molecule has 0 saturated heterocycles. The van der Waals surface area contributed by atoms with E-state index in [9.17, 15) is 0 Å². The first-order valence-corrected chi connectivity index (χ1v) is 5.69. The Morgan fingerprint density at radius 2 is 2.06 bits per heavy atom. The zero-order chi connectivity index (χ0) is 12.4. The third-order valence-electron chi connectivity index (χ3n) is 2.82. The molecule has 0 unspecified atom stereocenters. The van der Waals surface area contributed by atoms with Gasteiger partial charge < -0.3 is 4.57 Å². The molecule has 2 aromatic heterocycles. The average molecular weight is 233 g/mol. The van der Waals surface area contributed by atoms with Crippen molar-refractivity contribution in [3.8, 4) is 23.7 Å². The summed E-state index contributed by atoms with van der Waals surface area (Å²) in [5.74, 6) is 3.54. The minimum absolute atomic E-state index is 0.505. The van der Waals surface area contributed by atoms with E-state index in [1.54, 1.807) is 12.4 Å². The number of nitrogens with zero attached hydrogens (tertiary/aromatic N) is 3. The predicted molar refractivity (Wildman–Crippen MR) is 71.8 cm³/mol. The number of fused-ring (bicyclic) bond motifs is 1. The van der Waals surface area contributed by atoms with E-state index in [2.05, 4.69) is 15.9 Å². The van der Waals surface area contributed by atoms with Crippen LogP contribution in [0.5, 0.6) is 0 Å². The van der Waals surface area contributed by atoms with E-state index in [4.69, 9.17) is 6.42 Å². The molecule has 18 heavy (non-hydrogen) atoms. The number of imidazole rings is 1. The van der Waals surface area contributed by atoms with E-state index in [1.807, 2.05) is 41.0 Å². The normalized spacial score (nSPS) is 10.4. The van der Waals surface area contributed by atoms with Gasteiger partial charge in [0.25, 0.3) is 0 Å². The Labute approximate surface area is 105 Å². The van der Waals surface area contributed by atoms with Gasteiger partial charge in [-0.05, 0) is 24.3 Å². The largest absolute Gasteiger partial charge is 0.312 e. The standard InChI is InChI=1S/C15H11N3/c1-2-10-18-14-8-4-3-7-13(14)17-15(18)12-6-5-9-16-11-12/h1,3-9,11H,10H2. The highest BCUT2D eigenvalue weighted by Gasteiger charge is 2.10. The lowest BCUT2D eigenvalue weighted by atomic mass is 10.2. The van der Waals surface area contributed by atoms with Gasteiger partial charge >= 0.3 is 0 Å². The first-order chi connectivity index (χ1) is 8.90. The van der Waals surface area contributed by atoms with Crippen molar-refractivity contribution in [3.63, 3.8) is 0 Å². The molecule has 1 aromatic carbocycles. The highest BCUT2D eigenvalue weighted by Crippen LogP contribution is 2.23. The number of hydrogen-bond acceptors (Lipinski definition) is 2. The van der Waals surface area contributed by atoms with Gasteiger partial charge in [-0.25, -0.2) is 4.98 Å². The van der Waals surface area contributed by atoms with Crippen LogP contribution in [-0.4, -0.2) is 14.5 Å². The Kier molecular flexibility index (Phi) is 2.54. The van der Waals surface area contributed by atoms with Crippen molar-refractivity contribution in [3.05, 3.63) is 48.8 Å². The van der Waals surface area contributed by atoms with E-state index in [-0.39, 0.29) is 0 Å². The maximum atomic E-state index is 5.44. The molecule has 0 radical (unpaired) electrons. The molecule has 0 aliphatic rings. The van der Waals surface area contributed by atoms with Crippen LogP contribution in [0, 0.1) is 12.3 Å². The summed E-state index contributed by atoms with van der Waals surface area (Å²) in [7, 11) is 0. The highest BCUT2D eigenvalue weighted by molar-refractivity contribution is 5.80. The van der Waals surface area contributed by atoms with Crippen LogP contribution in [-0.2, 0) is 6.54 Å². The second-order valence-electron chi connectivity index (χ2n) is 3.96. The number of rotatable bonds is 2. The fourth-order valence-electron chi connectivity index (χ4n) is 2.04. The van der Waals surface area contributed by atoms with Crippen LogP contribution in [0.4, 0.5) is 0 Å². The van der Waals surface area contributed by atoms with Gasteiger partial charge in [0.2, 0.25) is 0 Å². The molecule has 3 aromatic rings. The van der Waals surface area contributed by atoms with E-state index in [0.717, 1.165) is 22.4 Å². The zero-order valence-corrected chi connectivity index (χ0v) is 9.74. The number of aromatic nitrogens is 3. The molecule has 2 heterocycles. The van der Waals surface area contributed by atoms with Crippen LogP contribution in [0.2, 0.25) is 0 Å². The zero-order valence-electron chi connectivity index (χ0n) is 9.74. The number of benzene rings is 1. The Bertz CT molecular complexity index is 720. The second kappa shape index (κ2) is 4.34. The summed E-state index contributed by atoms with van der Waals surface area (Å²) in [4.78, 5) is 8.76. The smallest absolute Gasteiger partial charge is 0.143 e. The van der Waals surface area contributed by atoms with Crippen LogP contribution in [0.1, 0.15) is 0 Å². The van der Waals surface area contributed by atoms with Crippen LogP contribution in [0.3, 0.4) is 0 Å². The van der Waals surface area contributed by atoms with Crippen molar-refractivity contribution in [2.75, 3.05) is 0 Å². The molecule has 3 rings (SSSR count). The molecule has 0 bridgehead atoms. The Morgan fingerprint density at radius 1 is 1.17 bits per heavy atom. The maximum Gasteiger partial charge on any atom is 0.143 e. The summed E-state index contributed by atoms with van der Waals surface area (Å²) in [6, 6.07) is 11.9. The molecule has 0 atom stereocenters. The van der Waals surface area contributed by atoms with E-state index in [0.29, 0.717) is 6.54 Å². The summed E-state index contributed by atoms with van der Waals surface area (Å²) in [6.45, 7) is 0.505. The van der Waals surface area contributed by atoms with Gasteiger partial charge in [-0.1, -0.05) is 18.1 Å². The first-order valence-electron chi connectivity index (χ1n) is 5.69. The fraction of sp³-hybridized carbons (Fsp3) is 0.0667. The lowest BCUT2D eigenvalue weighted by molar-refractivity contribution is 0.881. The molecule has 0 aliphatic carbocycles. The van der Waals surface area contributed by atoms with E-state index >= 15 is 0 Å². The van der Waals surface area contributed by atoms with Crippen molar-refractivity contribution < 1.29 is 0 Å². The molecule has 0 amide bonds. The second-order valence-corrected chi connectivity index (χ2v) is 3.96. The van der Waals surface area contributed by atoms with Crippen LogP contribution in [0.25, 0.3) is 22.4 Å². The first kappa shape index (κ1) is 10.5.